The Hall–Kier alpha value is -1.70. The predicted molar refractivity (Wildman–Crippen MR) is 78.0 cm³/mol. The van der Waals surface area contributed by atoms with Crippen LogP contribution >= 0.6 is 0 Å². The number of hydrogen-bond acceptors (Lipinski definition) is 3. The Morgan fingerprint density at radius 3 is 2.68 bits per heavy atom. The summed E-state index contributed by atoms with van der Waals surface area (Å²) in [5.41, 5.74) is 0.472. The van der Waals surface area contributed by atoms with Crippen LogP contribution in [0.1, 0.15) is 12.0 Å². The van der Waals surface area contributed by atoms with E-state index in [9.17, 15) is 22.0 Å². The number of halogens is 2. The number of hydrogen-bond donors (Lipinski definition) is 1. The molecule has 0 aromatic heterocycles. The maximum atomic E-state index is 13.1. The highest BCUT2D eigenvalue weighted by atomic mass is 32.2. The third-order valence-corrected chi connectivity index (χ3v) is 5.46. The van der Waals surface area contributed by atoms with E-state index in [4.69, 9.17) is 0 Å². The van der Waals surface area contributed by atoms with Crippen LogP contribution in [0, 0.1) is 17.6 Å². The van der Waals surface area contributed by atoms with Crippen molar-refractivity contribution >= 4 is 15.9 Å². The van der Waals surface area contributed by atoms with Gasteiger partial charge in [0.05, 0.1) is 11.5 Å². The van der Waals surface area contributed by atoms with Crippen molar-refractivity contribution in [1.82, 2.24) is 10.2 Å². The smallest absolute Gasteiger partial charge is 0.317 e. The Morgan fingerprint density at radius 1 is 1.36 bits per heavy atom. The van der Waals surface area contributed by atoms with Crippen molar-refractivity contribution in [1.29, 1.82) is 0 Å². The van der Waals surface area contributed by atoms with E-state index in [1.54, 1.807) is 0 Å². The zero-order chi connectivity index (χ0) is 16.3. The van der Waals surface area contributed by atoms with Crippen LogP contribution in [0.25, 0.3) is 0 Å². The van der Waals surface area contributed by atoms with E-state index in [0.717, 1.165) is 12.1 Å². The van der Waals surface area contributed by atoms with Crippen LogP contribution in [-0.2, 0) is 16.4 Å². The number of urea groups is 1. The number of rotatable bonds is 4. The lowest BCUT2D eigenvalue weighted by molar-refractivity contribution is 0.205. The van der Waals surface area contributed by atoms with Gasteiger partial charge in [0.1, 0.15) is 0 Å². The van der Waals surface area contributed by atoms with Gasteiger partial charge in [-0.1, -0.05) is 6.07 Å². The van der Waals surface area contributed by atoms with Crippen molar-refractivity contribution in [3.05, 3.63) is 35.4 Å². The summed E-state index contributed by atoms with van der Waals surface area (Å²) in [4.78, 5) is 13.2. The standard InChI is InChI=1S/C14H18F2N2O3S/c1-18(8-10-2-3-12(15)13(16)6-10)14(19)17-7-11-4-5-22(20,21)9-11/h2-3,6,11H,4-5,7-9H2,1H3,(H,17,19)/t11-/m0/s1. The van der Waals surface area contributed by atoms with E-state index in [0.29, 0.717) is 18.5 Å². The number of nitrogens with zero attached hydrogens (tertiary/aromatic N) is 1. The second-order valence-electron chi connectivity index (χ2n) is 5.56. The van der Waals surface area contributed by atoms with Gasteiger partial charge in [-0.2, -0.15) is 0 Å². The zero-order valence-electron chi connectivity index (χ0n) is 12.2. The Labute approximate surface area is 128 Å². The third-order valence-electron chi connectivity index (χ3n) is 3.62. The van der Waals surface area contributed by atoms with Crippen molar-refractivity contribution in [2.45, 2.75) is 13.0 Å². The first-order valence-electron chi connectivity index (χ1n) is 6.90. The van der Waals surface area contributed by atoms with Crippen molar-refractivity contribution < 1.29 is 22.0 Å². The number of carbonyl (C=O) groups excluding carboxylic acids is 1. The molecule has 1 fully saturated rings. The molecular formula is C14H18F2N2O3S. The molecule has 8 heteroatoms. The van der Waals surface area contributed by atoms with Crippen molar-refractivity contribution in [3.8, 4) is 0 Å². The van der Waals surface area contributed by atoms with Crippen molar-refractivity contribution in [2.75, 3.05) is 25.1 Å². The molecule has 1 aliphatic rings. The van der Waals surface area contributed by atoms with Crippen LogP contribution in [0.5, 0.6) is 0 Å². The van der Waals surface area contributed by atoms with Gasteiger partial charge in [0.15, 0.2) is 21.5 Å². The number of benzene rings is 1. The lowest BCUT2D eigenvalue weighted by Gasteiger charge is -2.19. The largest absolute Gasteiger partial charge is 0.338 e. The quantitative estimate of drug-likeness (QED) is 0.909. The van der Waals surface area contributed by atoms with Gasteiger partial charge in [-0.05, 0) is 30.0 Å². The van der Waals surface area contributed by atoms with E-state index < -0.39 is 21.5 Å². The minimum absolute atomic E-state index is 0.0642. The number of nitrogens with one attached hydrogen (secondary N) is 1. The number of amides is 2. The fourth-order valence-corrected chi connectivity index (χ4v) is 4.25. The van der Waals surface area contributed by atoms with E-state index in [-0.39, 0.29) is 30.0 Å². The molecule has 2 amide bonds. The topological polar surface area (TPSA) is 66.5 Å². The van der Waals surface area contributed by atoms with Gasteiger partial charge < -0.3 is 10.2 Å². The monoisotopic (exact) mass is 332 g/mol. The third kappa shape index (κ3) is 4.40. The van der Waals surface area contributed by atoms with Crippen LogP contribution in [-0.4, -0.2) is 44.4 Å². The normalized spacial score (nSPS) is 19.9. The molecule has 1 saturated heterocycles. The van der Waals surface area contributed by atoms with Gasteiger partial charge in [0.2, 0.25) is 0 Å². The van der Waals surface area contributed by atoms with Crippen molar-refractivity contribution in [3.63, 3.8) is 0 Å². The highest BCUT2D eigenvalue weighted by molar-refractivity contribution is 7.91. The molecule has 122 valence electrons. The summed E-state index contributed by atoms with van der Waals surface area (Å²) in [5, 5.41) is 2.66. The molecular weight excluding hydrogens is 314 g/mol. The molecule has 1 atom stereocenters. The molecule has 22 heavy (non-hydrogen) atoms. The highest BCUT2D eigenvalue weighted by Crippen LogP contribution is 2.17. The van der Waals surface area contributed by atoms with Crippen molar-refractivity contribution in [2.24, 2.45) is 5.92 Å². The molecule has 1 heterocycles. The van der Waals surface area contributed by atoms with Crippen LogP contribution in [0.3, 0.4) is 0 Å². The molecule has 1 aromatic carbocycles. The summed E-state index contributed by atoms with van der Waals surface area (Å²) >= 11 is 0. The average molecular weight is 332 g/mol. The fraction of sp³-hybridized carbons (Fsp3) is 0.500. The predicted octanol–water partition coefficient (Wildman–Crippen LogP) is 1.54. The maximum absolute atomic E-state index is 13.1. The SMILES string of the molecule is CN(Cc1ccc(F)c(F)c1)C(=O)NC[C@@H]1CCS(=O)(=O)C1. The minimum atomic E-state index is -2.96. The Morgan fingerprint density at radius 2 is 2.09 bits per heavy atom. The van der Waals surface area contributed by atoms with Crippen LogP contribution < -0.4 is 5.32 Å². The van der Waals surface area contributed by atoms with Gasteiger partial charge in [-0.25, -0.2) is 22.0 Å². The second kappa shape index (κ2) is 6.60. The van der Waals surface area contributed by atoms with Crippen LogP contribution in [0.2, 0.25) is 0 Å². The molecule has 0 unspecified atom stereocenters. The first-order valence-corrected chi connectivity index (χ1v) is 8.72. The summed E-state index contributed by atoms with van der Waals surface area (Å²) in [6.07, 6.45) is 0.551. The van der Waals surface area contributed by atoms with E-state index >= 15 is 0 Å². The van der Waals surface area contributed by atoms with Gasteiger partial charge in [0, 0.05) is 20.1 Å². The molecule has 1 aliphatic heterocycles. The summed E-state index contributed by atoms with van der Waals surface area (Å²) in [6.45, 7) is 0.423. The van der Waals surface area contributed by atoms with Gasteiger partial charge in [-0.15, -0.1) is 0 Å². The second-order valence-corrected chi connectivity index (χ2v) is 7.79. The number of sulfone groups is 1. The summed E-state index contributed by atoms with van der Waals surface area (Å²) < 4.78 is 48.6. The lowest BCUT2D eigenvalue weighted by Crippen LogP contribution is -2.39. The maximum Gasteiger partial charge on any atom is 0.317 e. The summed E-state index contributed by atoms with van der Waals surface area (Å²) in [6, 6.07) is 3.09. The van der Waals surface area contributed by atoms with E-state index in [1.807, 2.05) is 0 Å². The van der Waals surface area contributed by atoms with E-state index in [2.05, 4.69) is 5.32 Å². The first kappa shape index (κ1) is 16.7. The molecule has 0 saturated carbocycles. The molecule has 5 nitrogen and oxygen atoms in total. The lowest BCUT2D eigenvalue weighted by atomic mass is 10.1. The van der Waals surface area contributed by atoms with Gasteiger partial charge in [0.25, 0.3) is 0 Å². The Kier molecular flexibility index (Phi) is 5.00. The molecule has 1 aromatic rings. The zero-order valence-corrected chi connectivity index (χ0v) is 13.0. The minimum Gasteiger partial charge on any atom is -0.338 e. The van der Waals surface area contributed by atoms with Crippen LogP contribution in [0.4, 0.5) is 13.6 Å². The summed E-state index contributed by atoms with van der Waals surface area (Å²) in [5.74, 6) is -1.69. The fourth-order valence-electron chi connectivity index (χ4n) is 2.38. The average Bonchev–Trinajstić information content (AvgIpc) is 2.79. The van der Waals surface area contributed by atoms with Gasteiger partial charge >= 0.3 is 6.03 Å². The van der Waals surface area contributed by atoms with Gasteiger partial charge in [-0.3, -0.25) is 0 Å². The molecule has 0 spiro atoms. The molecule has 0 radical (unpaired) electrons. The number of carbonyl (C=O) groups is 1. The molecule has 2 rings (SSSR count). The first-order chi connectivity index (χ1) is 10.3. The Bertz CT molecular complexity index is 664. The highest BCUT2D eigenvalue weighted by Gasteiger charge is 2.28. The summed E-state index contributed by atoms with van der Waals surface area (Å²) in [7, 11) is -1.43. The molecule has 0 aliphatic carbocycles. The Balaban J connectivity index is 1.83. The van der Waals surface area contributed by atoms with E-state index in [1.165, 1.54) is 18.0 Å². The molecule has 1 N–H and O–H groups in total. The van der Waals surface area contributed by atoms with Crippen LogP contribution in [0.15, 0.2) is 18.2 Å². The molecule has 0 bridgehead atoms.